The van der Waals surface area contributed by atoms with Crippen molar-refractivity contribution in [3.63, 3.8) is 0 Å². The minimum Gasteiger partial charge on any atom is -0.467 e. The predicted octanol–water partition coefficient (Wildman–Crippen LogP) is 5.38. The molecule has 0 N–H and O–H groups in total. The fraction of sp³-hybridized carbons (Fsp3) is 0.280. The molecule has 0 radical (unpaired) electrons. The Morgan fingerprint density at radius 2 is 1.79 bits per heavy atom. The highest BCUT2D eigenvalue weighted by Gasteiger charge is 2.26. The van der Waals surface area contributed by atoms with Crippen molar-refractivity contribution in [1.82, 2.24) is 9.29 Å². The number of furan rings is 1. The second-order valence-corrected chi connectivity index (χ2v) is 11.5. The van der Waals surface area contributed by atoms with Gasteiger partial charge in [0.1, 0.15) is 5.76 Å². The van der Waals surface area contributed by atoms with Crippen molar-refractivity contribution in [2.45, 2.75) is 45.2 Å². The maximum atomic E-state index is 13.6. The van der Waals surface area contributed by atoms with E-state index in [-0.39, 0.29) is 23.4 Å². The number of thiazole rings is 1. The molecule has 2 aromatic heterocycles. The molecule has 2 heterocycles. The summed E-state index contributed by atoms with van der Waals surface area (Å²) in [7, 11) is -2.09. The Kier molecular flexibility index (Phi) is 6.62. The van der Waals surface area contributed by atoms with Crippen molar-refractivity contribution in [2.75, 3.05) is 11.9 Å². The minimum atomic E-state index is -3.64. The second kappa shape index (κ2) is 9.32. The zero-order chi connectivity index (χ0) is 24.6. The van der Waals surface area contributed by atoms with Crippen LogP contribution in [0, 0.1) is 13.8 Å². The van der Waals surface area contributed by atoms with Crippen LogP contribution >= 0.6 is 11.3 Å². The Morgan fingerprint density at radius 1 is 1.09 bits per heavy atom. The molecule has 0 atom stereocenters. The lowest BCUT2D eigenvalue weighted by atomic mass is 10.1. The largest absolute Gasteiger partial charge is 0.467 e. The summed E-state index contributed by atoms with van der Waals surface area (Å²) in [4.78, 5) is 20.1. The van der Waals surface area contributed by atoms with Crippen molar-refractivity contribution in [1.29, 1.82) is 0 Å². The maximum Gasteiger partial charge on any atom is 0.260 e. The van der Waals surface area contributed by atoms with Gasteiger partial charge in [-0.15, -0.1) is 0 Å². The standard InChI is InChI=1S/C25H27N3O4S2/c1-16(2)27(5)34(30,31)21-11-9-19(10-12-21)24(29)28(15-20-7-6-14-32-20)25-26-23-18(4)17(3)8-13-22(23)33-25/h6-14,16H,15H2,1-5H3. The first-order valence-corrected chi connectivity index (χ1v) is 13.1. The number of hydrogen-bond donors (Lipinski definition) is 0. The molecule has 0 unspecified atom stereocenters. The number of hydrogen-bond acceptors (Lipinski definition) is 6. The molecule has 0 saturated heterocycles. The summed E-state index contributed by atoms with van der Waals surface area (Å²) in [6.45, 7) is 7.88. The summed E-state index contributed by atoms with van der Waals surface area (Å²) < 4.78 is 33.4. The van der Waals surface area contributed by atoms with E-state index in [1.807, 2.05) is 39.8 Å². The number of carbonyl (C=O) groups is 1. The number of aromatic nitrogens is 1. The number of rotatable bonds is 7. The van der Waals surface area contributed by atoms with Crippen LogP contribution < -0.4 is 4.90 Å². The van der Waals surface area contributed by atoms with Crippen LogP contribution in [0.15, 0.2) is 64.1 Å². The van der Waals surface area contributed by atoms with E-state index in [0.29, 0.717) is 16.5 Å². The summed E-state index contributed by atoms with van der Waals surface area (Å²) in [5.41, 5.74) is 3.45. The van der Waals surface area contributed by atoms with Crippen molar-refractivity contribution < 1.29 is 17.6 Å². The first-order chi connectivity index (χ1) is 16.1. The number of sulfonamides is 1. The minimum absolute atomic E-state index is 0.143. The van der Waals surface area contributed by atoms with Crippen LogP contribution in [0.3, 0.4) is 0 Å². The van der Waals surface area contributed by atoms with Gasteiger partial charge in [-0.25, -0.2) is 13.4 Å². The number of nitrogens with zero attached hydrogens (tertiary/aromatic N) is 3. The molecule has 0 bridgehead atoms. The van der Waals surface area contributed by atoms with Gasteiger partial charge in [0.05, 0.1) is 27.9 Å². The van der Waals surface area contributed by atoms with Gasteiger partial charge in [0.25, 0.3) is 5.91 Å². The van der Waals surface area contributed by atoms with E-state index in [4.69, 9.17) is 9.40 Å². The molecule has 7 nitrogen and oxygen atoms in total. The third-order valence-corrected chi connectivity index (χ3v) is 9.04. The number of aryl methyl sites for hydroxylation is 2. The second-order valence-electron chi connectivity index (χ2n) is 8.46. The maximum absolute atomic E-state index is 13.6. The molecule has 178 valence electrons. The van der Waals surface area contributed by atoms with E-state index in [1.54, 1.807) is 42.5 Å². The van der Waals surface area contributed by atoms with Crippen LogP contribution in [0.5, 0.6) is 0 Å². The van der Waals surface area contributed by atoms with Gasteiger partial charge in [-0.2, -0.15) is 4.31 Å². The molecule has 9 heteroatoms. The van der Waals surface area contributed by atoms with Crippen molar-refractivity contribution >= 4 is 42.6 Å². The Morgan fingerprint density at radius 3 is 2.41 bits per heavy atom. The number of fused-ring (bicyclic) bond motifs is 1. The average Bonchev–Trinajstić information content (AvgIpc) is 3.49. The summed E-state index contributed by atoms with van der Waals surface area (Å²) in [5.74, 6) is 0.337. The third-order valence-electron chi connectivity index (χ3n) is 5.95. The van der Waals surface area contributed by atoms with Gasteiger partial charge in [0.2, 0.25) is 10.0 Å². The van der Waals surface area contributed by atoms with Crippen molar-refractivity contribution in [3.05, 3.63) is 77.2 Å². The Labute approximate surface area is 203 Å². The topological polar surface area (TPSA) is 83.7 Å². The highest BCUT2D eigenvalue weighted by atomic mass is 32.2. The zero-order valence-electron chi connectivity index (χ0n) is 19.8. The van der Waals surface area contributed by atoms with Gasteiger partial charge in [-0.05, 0) is 81.3 Å². The van der Waals surface area contributed by atoms with E-state index < -0.39 is 10.0 Å². The molecule has 1 amide bonds. The monoisotopic (exact) mass is 497 g/mol. The lowest BCUT2D eigenvalue weighted by Crippen LogP contribution is -2.33. The normalized spacial score (nSPS) is 12.1. The highest BCUT2D eigenvalue weighted by molar-refractivity contribution is 7.89. The predicted molar refractivity (Wildman–Crippen MR) is 135 cm³/mol. The fourth-order valence-corrected chi connectivity index (χ4v) is 5.87. The smallest absolute Gasteiger partial charge is 0.260 e. The van der Waals surface area contributed by atoms with Gasteiger partial charge in [0, 0.05) is 18.7 Å². The van der Waals surface area contributed by atoms with Crippen LogP contribution in [-0.2, 0) is 16.6 Å². The van der Waals surface area contributed by atoms with Crippen molar-refractivity contribution in [3.8, 4) is 0 Å². The molecule has 0 spiro atoms. The molecular weight excluding hydrogens is 470 g/mol. The molecule has 2 aromatic carbocycles. The van der Waals surface area contributed by atoms with Crippen LogP contribution in [0.2, 0.25) is 0 Å². The summed E-state index contributed by atoms with van der Waals surface area (Å²) in [6, 6.07) is 13.5. The van der Waals surface area contributed by atoms with Crippen molar-refractivity contribution in [2.24, 2.45) is 0 Å². The Balaban J connectivity index is 1.71. The number of carbonyl (C=O) groups excluding carboxylic acids is 1. The van der Waals surface area contributed by atoms with Gasteiger partial charge in [0.15, 0.2) is 5.13 Å². The van der Waals surface area contributed by atoms with E-state index in [1.165, 1.54) is 27.8 Å². The molecular formula is C25H27N3O4S2. The number of anilines is 1. The first-order valence-electron chi connectivity index (χ1n) is 10.9. The summed E-state index contributed by atoms with van der Waals surface area (Å²) in [5, 5.41) is 0.557. The van der Waals surface area contributed by atoms with Crippen LogP contribution in [0.25, 0.3) is 10.2 Å². The molecule has 0 aliphatic heterocycles. The molecule has 0 aliphatic rings. The number of benzene rings is 2. The third kappa shape index (κ3) is 4.51. The van der Waals surface area contributed by atoms with Gasteiger partial charge >= 0.3 is 0 Å². The van der Waals surface area contributed by atoms with Crippen LogP contribution in [0.4, 0.5) is 5.13 Å². The van der Waals surface area contributed by atoms with Crippen LogP contribution in [0.1, 0.15) is 41.1 Å². The molecule has 34 heavy (non-hydrogen) atoms. The highest BCUT2D eigenvalue weighted by Crippen LogP contribution is 2.33. The lowest BCUT2D eigenvalue weighted by molar-refractivity contribution is 0.0983. The first kappa shape index (κ1) is 24.1. The fourth-order valence-electron chi connectivity index (χ4n) is 3.48. The molecule has 4 aromatic rings. The molecule has 4 rings (SSSR count). The summed E-state index contributed by atoms with van der Waals surface area (Å²) in [6.07, 6.45) is 1.56. The lowest BCUT2D eigenvalue weighted by Gasteiger charge is -2.21. The molecule has 0 aliphatic carbocycles. The van der Waals surface area contributed by atoms with Gasteiger partial charge in [-0.3, -0.25) is 9.69 Å². The van der Waals surface area contributed by atoms with Gasteiger partial charge in [-0.1, -0.05) is 17.4 Å². The Hall–Kier alpha value is -3.01. The van der Waals surface area contributed by atoms with Gasteiger partial charge < -0.3 is 4.42 Å². The van der Waals surface area contributed by atoms with E-state index in [9.17, 15) is 13.2 Å². The molecule has 0 saturated carbocycles. The zero-order valence-corrected chi connectivity index (χ0v) is 21.4. The average molecular weight is 498 g/mol. The van der Waals surface area contributed by atoms with E-state index >= 15 is 0 Å². The number of amides is 1. The van der Waals surface area contributed by atoms with Crippen LogP contribution in [-0.4, -0.2) is 36.7 Å². The Bertz CT molecular complexity index is 1420. The SMILES string of the molecule is Cc1ccc2sc(N(Cc3ccco3)C(=O)c3ccc(S(=O)(=O)N(C)C(C)C)cc3)nc2c1C. The summed E-state index contributed by atoms with van der Waals surface area (Å²) >= 11 is 1.44. The van der Waals surface area contributed by atoms with E-state index in [2.05, 4.69) is 0 Å². The quantitative estimate of drug-likeness (QED) is 0.342. The molecule has 0 fully saturated rings. The van der Waals surface area contributed by atoms with E-state index in [0.717, 1.165) is 21.3 Å².